The number of methoxy groups -OCH3 is 1. The average Bonchev–Trinajstić information content (AvgIpc) is 3.16. The van der Waals surface area contributed by atoms with Crippen LogP contribution < -0.4 is 4.74 Å². The smallest absolute Gasteiger partial charge is 0.124 e. The Morgan fingerprint density at radius 3 is 2.63 bits per heavy atom. The molecule has 0 bridgehead atoms. The summed E-state index contributed by atoms with van der Waals surface area (Å²) >= 11 is 0. The molecule has 4 nitrogen and oxygen atoms in total. The summed E-state index contributed by atoms with van der Waals surface area (Å²) in [6.45, 7) is 10.2. The molecule has 160 valence electrons. The van der Waals surface area contributed by atoms with E-state index in [9.17, 15) is 4.39 Å². The summed E-state index contributed by atoms with van der Waals surface area (Å²) in [5, 5.41) is 8.49. The summed E-state index contributed by atoms with van der Waals surface area (Å²) in [6, 6.07) is 10.8. The number of H-pyrrole nitrogens is 1. The van der Waals surface area contributed by atoms with Crippen LogP contribution in [0, 0.1) is 0 Å². The Labute approximate surface area is 178 Å². The van der Waals surface area contributed by atoms with E-state index >= 15 is 0 Å². The molecule has 0 radical (unpaired) electrons. The van der Waals surface area contributed by atoms with Crippen LogP contribution in [0.1, 0.15) is 68.8 Å². The van der Waals surface area contributed by atoms with Gasteiger partial charge in [-0.2, -0.15) is 5.10 Å². The van der Waals surface area contributed by atoms with Crippen LogP contribution in [0.15, 0.2) is 36.5 Å². The molecule has 0 amide bonds. The standard InChI is InChI=1S/C25H32FN3O/c1-15(2)17-7-8-19(23(12-17)30-6)24-18-9-10-22-21(13-27-28-22)20(18)11-16(3)29(24)14-25(4,5)26/h7-10,12-13,15-16,24H,11,14H2,1-6H3,(H,27,28)/t16-,24+/m1/s1. The molecule has 1 aliphatic heterocycles. The quantitative estimate of drug-likeness (QED) is 0.581. The molecule has 0 fully saturated rings. The number of alkyl halides is 1. The number of hydrogen-bond acceptors (Lipinski definition) is 3. The fraction of sp³-hybridized carbons (Fsp3) is 0.480. The Kier molecular flexibility index (Phi) is 5.35. The first-order valence-corrected chi connectivity index (χ1v) is 10.8. The van der Waals surface area contributed by atoms with Gasteiger partial charge in [0.15, 0.2) is 0 Å². The number of benzene rings is 2. The van der Waals surface area contributed by atoms with Gasteiger partial charge >= 0.3 is 0 Å². The summed E-state index contributed by atoms with van der Waals surface area (Å²) in [6.07, 6.45) is 2.77. The van der Waals surface area contributed by atoms with Crippen LogP contribution in [0.4, 0.5) is 4.39 Å². The molecule has 3 aromatic rings. The van der Waals surface area contributed by atoms with Gasteiger partial charge in [-0.25, -0.2) is 4.39 Å². The van der Waals surface area contributed by atoms with Crippen molar-refractivity contribution in [1.29, 1.82) is 0 Å². The van der Waals surface area contributed by atoms with Gasteiger partial charge in [-0.1, -0.05) is 32.0 Å². The van der Waals surface area contributed by atoms with Crippen LogP contribution in [0.5, 0.6) is 5.75 Å². The van der Waals surface area contributed by atoms with Crippen molar-refractivity contribution in [2.75, 3.05) is 13.7 Å². The van der Waals surface area contributed by atoms with Crippen molar-refractivity contribution in [2.45, 2.75) is 64.7 Å². The molecule has 0 spiro atoms. The summed E-state index contributed by atoms with van der Waals surface area (Å²) in [5.74, 6) is 1.28. The Hall–Kier alpha value is -2.40. The minimum Gasteiger partial charge on any atom is -0.496 e. The van der Waals surface area contributed by atoms with E-state index in [1.54, 1.807) is 21.0 Å². The molecule has 0 unspecified atom stereocenters. The predicted octanol–water partition coefficient (Wildman–Crippen LogP) is 5.78. The van der Waals surface area contributed by atoms with Gasteiger partial charge in [0.2, 0.25) is 0 Å². The topological polar surface area (TPSA) is 41.1 Å². The second-order valence-electron chi connectivity index (χ2n) is 9.47. The molecular formula is C25H32FN3O. The van der Waals surface area contributed by atoms with Crippen LogP contribution in [-0.4, -0.2) is 40.5 Å². The molecule has 2 heterocycles. The lowest BCUT2D eigenvalue weighted by molar-refractivity contribution is 0.0672. The largest absolute Gasteiger partial charge is 0.496 e. The van der Waals surface area contributed by atoms with E-state index < -0.39 is 5.67 Å². The van der Waals surface area contributed by atoms with E-state index in [0.29, 0.717) is 12.5 Å². The van der Waals surface area contributed by atoms with Crippen LogP contribution in [-0.2, 0) is 6.42 Å². The van der Waals surface area contributed by atoms with Gasteiger partial charge in [0.1, 0.15) is 11.4 Å². The van der Waals surface area contributed by atoms with E-state index in [4.69, 9.17) is 4.74 Å². The van der Waals surface area contributed by atoms with Crippen molar-refractivity contribution in [3.63, 3.8) is 0 Å². The Morgan fingerprint density at radius 1 is 1.23 bits per heavy atom. The summed E-state index contributed by atoms with van der Waals surface area (Å²) < 4.78 is 20.7. The molecule has 1 N–H and O–H groups in total. The molecule has 0 saturated carbocycles. The zero-order chi connectivity index (χ0) is 21.6. The van der Waals surface area contributed by atoms with Gasteiger partial charge in [0.05, 0.1) is 24.9 Å². The first kappa shape index (κ1) is 20.9. The van der Waals surface area contributed by atoms with Gasteiger partial charge in [0.25, 0.3) is 0 Å². The third-order valence-corrected chi connectivity index (χ3v) is 6.24. The van der Waals surface area contributed by atoms with E-state index in [1.165, 1.54) is 16.7 Å². The number of aromatic amines is 1. The van der Waals surface area contributed by atoms with Crippen molar-refractivity contribution in [2.24, 2.45) is 0 Å². The maximum atomic E-state index is 14.9. The average molecular weight is 410 g/mol. The summed E-state index contributed by atoms with van der Waals surface area (Å²) in [5.41, 5.74) is 4.57. The fourth-order valence-corrected chi connectivity index (χ4v) is 4.76. The van der Waals surface area contributed by atoms with Crippen LogP contribution in [0.2, 0.25) is 0 Å². The molecule has 2 aromatic carbocycles. The Balaban J connectivity index is 1.93. The summed E-state index contributed by atoms with van der Waals surface area (Å²) in [4.78, 5) is 2.29. The minimum absolute atomic E-state index is 0.0748. The van der Waals surface area contributed by atoms with Gasteiger partial charge in [-0.05, 0) is 61.9 Å². The molecule has 0 aliphatic carbocycles. The van der Waals surface area contributed by atoms with Crippen molar-refractivity contribution >= 4 is 10.9 Å². The third-order valence-electron chi connectivity index (χ3n) is 6.24. The van der Waals surface area contributed by atoms with Crippen molar-refractivity contribution < 1.29 is 9.13 Å². The highest BCUT2D eigenvalue weighted by Crippen LogP contribution is 2.44. The number of nitrogens with one attached hydrogen (secondary N) is 1. The molecule has 4 rings (SSSR count). The minimum atomic E-state index is -1.30. The lowest BCUT2D eigenvalue weighted by atomic mass is 9.82. The first-order valence-electron chi connectivity index (χ1n) is 10.8. The number of aromatic nitrogens is 2. The van der Waals surface area contributed by atoms with E-state index in [0.717, 1.165) is 28.6 Å². The molecule has 30 heavy (non-hydrogen) atoms. The number of rotatable bonds is 5. The van der Waals surface area contributed by atoms with Crippen LogP contribution >= 0.6 is 0 Å². The van der Waals surface area contributed by atoms with E-state index in [1.807, 2.05) is 6.20 Å². The van der Waals surface area contributed by atoms with Gasteiger partial charge in [-0.15, -0.1) is 0 Å². The van der Waals surface area contributed by atoms with Crippen molar-refractivity contribution in [3.05, 3.63) is 58.8 Å². The third kappa shape index (κ3) is 3.71. The molecule has 1 aliphatic rings. The molecule has 0 saturated heterocycles. The first-order chi connectivity index (χ1) is 14.2. The van der Waals surface area contributed by atoms with E-state index in [2.05, 4.69) is 66.2 Å². The second kappa shape index (κ2) is 7.69. The van der Waals surface area contributed by atoms with Crippen molar-refractivity contribution in [3.8, 4) is 5.75 Å². The maximum absolute atomic E-state index is 14.9. The number of halogens is 1. The fourth-order valence-electron chi connectivity index (χ4n) is 4.76. The highest BCUT2D eigenvalue weighted by Gasteiger charge is 2.38. The predicted molar refractivity (Wildman–Crippen MR) is 120 cm³/mol. The van der Waals surface area contributed by atoms with Crippen LogP contribution in [0.25, 0.3) is 10.9 Å². The van der Waals surface area contributed by atoms with Gasteiger partial charge < -0.3 is 4.74 Å². The maximum Gasteiger partial charge on any atom is 0.124 e. The number of hydrogen-bond donors (Lipinski definition) is 1. The number of fused-ring (bicyclic) bond motifs is 3. The molecule has 1 aromatic heterocycles. The van der Waals surface area contributed by atoms with Gasteiger partial charge in [-0.3, -0.25) is 10.00 Å². The normalized spacial score (nSPS) is 20.0. The zero-order valence-corrected chi connectivity index (χ0v) is 18.8. The highest BCUT2D eigenvalue weighted by atomic mass is 19.1. The Bertz CT molecular complexity index is 1050. The van der Waals surface area contributed by atoms with E-state index in [-0.39, 0.29) is 12.1 Å². The Morgan fingerprint density at radius 2 is 1.97 bits per heavy atom. The molecule has 5 heteroatoms. The second-order valence-corrected chi connectivity index (χ2v) is 9.47. The lowest BCUT2D eigenvalue weighted by Gasteiger charge is -2.44. The molecule has 2 atom stereocenters. The van der Waals surface area contributed by atoms with Gasteiger partial charge in [0, 0.05) is 23.5 Å². The molecular weight excluding hydrogens is 377 g/mol. The SMILES string of the molecule is COc1cc(C(C)C)ccc1[C@@H]1c2ccc3[nH]ncc3c2C[C@@H](C)N1CC(C)(C)F. The highest BCUT2D eigenvalue weighted by molar-refractivity contribution is 5.83. The van der Waals surface area contributed by atoms with Crippen LogP contribution in [0.3, 0.4) is 0 Å². The lowest BCUT2D eigenvalue weighted by Crippen LogP contribution is -2.47. The monoisotopic (exact) mass is 409 g/mol. The number of nitrogens with zero attached hydrogens (tertiary/aromatic N) is 2. The number of ether oxygens (including phenoxy) is 1. The zero-order valence-electron chi connectivity index (χ0n) is 18.8. The van der Waals surface area contributed by atoms with Crippen molar-refractivity contribution in [1.82, 2.24) is 15.1 Å². The summed E-state index contributed by atoms with van der Waals surface area (Å²) in [7, 11) is 1.72.